The quantitative estimate of drug-likeness (QED) is 0.690. The van der Waals surface area contributed by atoms with Crippen LogP contribution in [0.5, 0.6) is 0 Å². The van der Waals surface area contributed by atoms with Crippen LogP contribution in [-0.4, -0.2) is 51.5 Å². The number of hydrogen-bond donors (Lipinski definition) is 1. The number of sulfonamides is 1. The van der Waals surface area contributed by atoms with Crippen molar-refractivity contribution >= 4 is 21.6 Å². The second-order valence-electron chi connectivity index (χ2n) is 8.29. The first kappa shape index (κ1) is 23.2. The zero-order valence-corrected chi connectivity index (χ0v) is 18.9. The van der Waals surface area contributed by atoms with Gasteiger partial charge in [-0.1, -0.05) is 6.07 Å². The number of amides is 1. The third-order valence-electron chi connectivity index (χ3n) is 6.15. The van der Waals surface area contributed by atoms with Gasteiger partial charge in [0.05, 0.1) is 34.9 Å². The number of carbonyl (C=O) groups excluding carboxylic acids is 1. The fraction of sp³-hybridized carbons (Fsp3) is 0.391. The minimum Gasteiger partial charge on any atom is -0.374 e. The molecule has 1 amide bonds. The van der Waals surface area contributed by atoms with Crippen molar-refractivity contribution in [1.82, 2.24) is 4.90 Å². The van der Waals surface area contributed by atoms with E-state index in [9.17, 15) is 17.6 Å². The summed E-state index contributed by atoms with van der Waals surface area (Å²) in [6.45, 7) is 1.68. The van der Waals surface area contributed by atoms with Gasteiger partial charge in [-0.05, 0) is 55.2 Å². The number of benzene rings is 2. The van der Waals surface area contributed by atoms with Crippen molar-refractivity contribution in [2.75, 3.05) is 31.1 Å². The number of anilines is 1. The normalized spacial score (nSPS) is 16.9. The number of halogens is 1. The van der Waals surface area contributed by atoms with Gasteiger partial charge in [0, 0.05) is 31.7 Å². The molecule has 2 aromatic carbocycles. The average Bonchev–Trinajstić information content (AvgIpc) is 2.77. The van der Waals surface area contributed by atoms with Crippen LogP contribution >= 0.6 is 0 Å². The molecule has 0 atom stereocenters. The largest absolute Gasteiger partial charge is 0.374 e. The van der Waals surface area contributed by atoms with E-state index in [1.165, 1.54) is 18.2 Å². The smallest absolute Gasteiger partial charge is 0.254 e. The van der Waals surface area contributed by atoms with Gasteiger partial charge < -0.3 is 14.5 Å². The lowest BCUT2D eigenvalue weighted by Gasteiger charge is -2.36. The number of hydrogen-bond acceptors (Lipinski definition) is 6. The van der Waals surface area contributed by atoms with E-state index in [1.54, 1.807) is 23.1 Å². The molecule has 174 valence electrons. The van der Waals surface area contributed by atoms with Gasteiger partial charge in [-0.3, -0.25) is 4.79 Å². The molecule has 1 saturated heterocycles. The molecule has 2 fully saturated rings. The second-order valence-corrected chi connectivity index (χ2v) is 9.85. The van der Waals surface area contributed by atoms with Crippen molar-refractivity contribution < 1.29 is 22.3 Å². The minimum atomic E-state index is -3.97. The first-order chi connectivity index (χ1) is 15.8. The fourth-order valence-electron chi connectivity index (χ4n) is 3.96. The zero-order valence-electron chi connectivity index (χ0n) is 18.0. The van der Waals surface area contributed by atoms with Gasteiger partial charge in [0.15, 0.2) is 0 Å². The molecule has 2 N–H and O–H groups in total. The van der Waals surface area contributed by atoms with Crippen LogP contribution in [-0.2, 0) is 21.4 Å². The first-order valence-electron chi connectivity index (χ1n) is 10.8. The minimum absolute atomic E-state index is 0.128. The highest BCUT2D eigenvalue weighted by Gasteiger charge is 2.27. The van der Waals surface area contributed by atoms with Gasteiger partial charge in [-0.2, -0.15) is 5.26 Å². The predicted octanol–water partition coefficient (Wildman–Crippen LogP) is 2.38. The van der Waals surface area contributed by atoms with Crippen LogP contribution in [0.3, 0.4) is 0 Å². The Labute approximate surface area is 192 Å². The number of nitrogens with zero attached hydrogens (tertiary/aromatic N) is 3. The third kappa shape index (κ3) is 5.16. The lowest BCUT2D eigenvalue weighted by molar-refractivity contribution is -0.00904. The molecule has 1 heterocycles. The average molecular weight is 473 g/mol. The Morgan fingerprint density at radius 3 is 2.45 bits per heavy atom. The van der Waals surface area contributed by atoms with Crippen molar-refractivity contribution in [3.05, 3.63) is 58.9 Å². The number of primary sulfonamides is 1. The molecule has 1 aliphatic carbocycles. The van der Waals surface area contributed by atoms with E-state index in [4.69, 9.17) is 15.1 Å². The van der Waals surface area contributed by atoms with E-state index in [-0.39, 0.29) is 34.6 Å². The number of ether oxygens (including phenoxy) is 1. The summed E-state index contributed by atoms with van der Waals surface area (Å²) in [6.07, 6.45) is 3.24. The van der Waals surface area contributed by atoms with Crippen molar-refractivity contribution in [2.45, 2.75) is 36.9 Å². The molecule has 0 unspecified atom stereocenters. The summed E-state index contributed by atoms with van der Waals surface area (Å²) in [4.78, 5) is 16.6. The zero-order chi connectivity index (χ0) is 23.6. The fourth-order valence-corrected chi connectivity index (χ4v) is 4.50. The van der Waals surface area contributed by atoms with E-state index >= 15 is 0 Å². The van der Waals surface area contributed by atoms with Gasteiger partial charge in [0.1, 0.15) is 5.82 Å². The number of piperazine rings is 1. The SMILES string of the molecule is N#Cc1ccc(N2CCN(C(=O)c3cc(S(N)(=O)=O)ccc3COC3CCC3)CC2)c(F)c1. The molecule has 0 radical (unpaired) electrons. The van der Waals surface area contributed by atoms with Crippen LogP contribution in [0, 0.1) is 17.1 Å². The summed E-state index contributed by atoms with van der Waals surface area (Å²) in [6, 6.07) is 10.5. The predicted molar refractivity (Wildman–Crippen MR) is 119 cm³/mol. The van der Waals surface area contributed by atoms with Gasteiger partial charge in [-0.15, -0.1) is 0 Å². The maximum absolute atomic E-state index is 14.4. The van der Waals surface area contributed by atoms with Crippen LogP contribution in [0.15, 0.2) is 41.3 Å². The Hall–Kier alpha value is -3.00. The molecule has 33 heavy (non-hydrogen) atoms. The molecule has 10 heteroatoms. The van der Waals surface area contributed by atoms with Crippen LogP contribution in [0.25, 0.3) is 0 Å². The highest BCUT2D eigenvalue weighted by Crippen LogP contribution is 2.26. The van der Waals surface area contributed by atoms with Crippen molar-refractivity contribution in [3.8, 4) is 6.07 Å². The summed E-state index contributed by atoms with van der Waals surface area (Å²) in [5.74, 6) is -0.794. The molecular formula is C23H25FN4O4S. The molecule has 0 aromatic heterocycles. The Kier molecular flexibility index (Phi) is 6.65. The van der Waals surface area contributed by atoms with Crippen LogP contribution in [0.2, 0.25) is 0 Å². The molecule has 0 bridgehead atoms. The van der Waals surface area contributed by atoms with Gasteiger partial charge in [-0.25, -0.2) is 17.9 Å². The summed E-state index contributed by atoms with van der Waals surface area (Å²) in [5.41, 5.74) is 1.49. The third-order valence-corrected chi connectivity index (χ3v) is 7.06. The lowest BCUT2D eigenvalue weighted by Crippen LogP contribution is -2.49. The maximum atomic E-state index is 14.4. The lowest BCUT2D eigenvalue weighted by atomic mass is 9.96. The molecule has 0 spiro atoms. The van der Waals surface area contributed by atoms with E-state index in [0.29, 0.717) is 37.4 Å². The highest BCUT2D eigenvalue weighted by atomic mass is 32.2. The van der Waals surface area contributed by atoms with Crippen LogP contribution in [0.1, 0.15) is 40.7 Å². The number of nitriles is 1. The van der Waals surface area contributed by atoms with E-state index in [0.717, 1.165) is 19.3 Å². The molecule has 8 nitrogen and oxygen atoms in total. The van der Waals surface area contributed by atoms with Crippen molar-refractivity contribution in [1.29, 1.82) is 5.26 Å². The molecule has 1 aliphatic heterocycles. The van der Waals surface area contributed by atoms with E-state index in [1.807, 2.05) is 11.0 Å². The van der Waals surface area contributed by atoms with Gasteiger partial charge in [0.25, 0.3) is 5.91 Å². The van der Waals surface area contributed by atoms with Gasteiger partial charge >= 0.3 is 0 Å². The molecule has 4 rings (SSSR count). The summed E-state index contributed by atoms with van der Waals surface area (Å²) >= 11 is 0. The Balaban J connectivity index is 1.50. The van der Waals surface area contributed by atoms with Crippen LogP contribution in [0.4, 0.5) is 10.1 Å². The molecule has 2 aliphatic rings. The number of nitrogens with two attached hydrogens (primary N) is 1. The Morgan fingerprint density at radius 1 is 1.15 bits per heavy atom. The summed E-state index contributed by atoms with van der Waals surface area (Å²) in [7, 11) is -3.97. The Bertz CT molecular complexity index is 1200. The van der Waals surface area contributed by atoms with E-state index in [2.05, 4.69) is 0 Å². The highest BCUT2D eigenvalue weighted by molar-refractivity contribution is 7.89. The standard InChI is InChI=1S/C23H25FN4O4S/c24-21-12-16(14-25)4-7-22(21)27-8-10-28(11-9-27)23(29)20-13-19(33(26,30)31)6-5-17(20)15-32-18-2-1-3-18/h4-7,12-13,18H,1-3,8-11,15H2,(H2,26,30,31). The van der Waals surface area contributed by atoms with Gasteiger partial charge in [0.2, 0.25) is 10.0 Å². The molecular weight excluding hydrogens is 447 g/mol. The monoisotopic (exact) mass is 472 g/mol. The number of rotatable bonds is 6. The Morgan fingerprint density at radius 2 is 1.88 bits per heavy atom. The topological polar surface area (TPSA) is 117 Å². The number of carbonyl (C=O) groups is 1. The second kappa shape index (κ2) is 9.47. The molecule has 2 aromatic rings. The van der Waals surface area contributed by atoms with Crippen LogP contribution < -0.4 is 10.0 Å². The van der Waals surface area contributed by atoms with Crippen molar-refractivity contribution in [2.24, 2.45) is 5.14 Å². The molecule has 1 saturated carbocycles. The van der Waals surface area contributed by atoms with Crippen molar-refractivity contribution in [3.63, 3.8) is 0 Å². The summed E-state index contributed by atoms with van der Waals surface area (Å²) in [5, 5.41) is 14.2. The maximum Gasteiger partial charge on any atom is 0.254 e. The van der Waals surface area contributed by atoms with E-state index < -0.39 is 15.8 Å². The first-order valence-corrected chi connectivity index (χ1v) is 12.3. The summed E-state index contributed by atoms with van der Waals surface area (Å²) < 4.78 is 43.9.